The zero-order valence-corrected chi connectivity index (χ0v) is 13.2. The Morgan fingerprint density at radius 1 is 1.43 bits per heavy atom. The Bertz CT molecular complexity index is 547. The number of nitrogens with two attached hydrogens (primary N) is 1. The molecule has 2 aromatic heterocycles. The van der Waals surface area contributed by atoms with E-state index >= 15 is 0 Å². The van der Waals surface area contributed by atoms with Crippen molar-refractivity contribution in [3.8, 4) is 0 Å². The Hall–Kier alpha value is -1.63. The van der Waals surface area contributed by atoms with E-state index in [0.29, 0.717) is 24.3 Å². The molecule has 1 atom stereocenters. The number of amides is 1. The van der Waals surface area contributed by atoms with Crippen LogP contribution in [0.1, 0.15) is 23.0 Å². The molecule has 2 aromatic rings. The van der Waals surface area contributed by atoms with Crippen LogP contribution in [0.3, 0.4) is 0 Å². The lowest BCUT2D eigenvalue weighted by atomic mass is 10.2. The van der Waals surface area contributed by atoms with Gasteiger partial charge < -0.3 is 11.1 Å². The quantitative estimate of drug-likeness (QED) is 0.867. The van der Waals surface area contributed by atoms with Crippen molar-refractivity contribution in [2.45, 2.75) is 26.1 Å². The van der Waals surface area contributed by atoms with E-state index in [1.54, 1.807) is 29.2 Å². The predicted octanol–water partition coefficient (Wildman–Crippen LogP) is 1.40. The molecule has 0 bridgehead atoms. The van der Waals surface area contributed by atoms with E-state index in [2.05, 4.69) is 15.4 Å². The van der Waals surface area contributed by atoms with Crippen LogP contribution in [0.5, 0.6) is 0 Å². The van der Waals surface area contributed by atoms with Crippen LogP contribution in [-0.2, 0) is 13.1 Å². The summed E-state index contributed by atoms with van der Waals surface area (Å²) in [6, 6.07) is 5.22. The van der Waals surface area contributed by atoms with Gasteiger partial charge in [0.15, 0.2) is 0 Å². The van der Waals surface area contributed by atoms with Gasteiger partial charge in [-0.1, -0.05) is 0 Å². The summed E-state index contributed by atoms with van der Waals surface area (Å²) in [7, 11) is 0. The first-order chi connectivity index (χ1) is 9.19. The van der Waals surface area contributed by atoms with Gasteiger partial charge in [-0.2, -0.15) is 5.10 Å². The number of pyridine rings is 1. The molecule has 1 amide bonds. The van der Waals surface area contributed by atoms with Gasteiger partial charge in [-0.05, 0) is 25.1 Å². The van der Waals surface area contributed by atoms with E-state index in [1.165, 1.54) is 0 Å². The lowest BCUT2D eigenvalue weighted by molar-refractivity contribution is 0.0936. The van der Waals surface area contributed by atoms with Crippen LogP contribution in [0, 0.1) is 0 Å². The van der Waals surface area contributed by atoms with E-state index < -0.39 is 0 Å². The lowest BCUT2D eigenvalue weighted by Crippen LogP contribution is -2.35. The van der Waals surface area contributed by atoms with Gasteiger partial charge in [-0.3, -0.25) is 14.5 Å². The highest BCUT2D eigenvalue weighted by atomic mass is 35.5. The highest BCUT2D eigenvalue weighted by Crippen LogP contribution is 2.02. The van der Waals surface area contributed by atoms with Crippen LogP contribution in [0.15, 0.2) is 36.8 Å². The maximum atomic E-state index is 12.0. The number of carbonyl (C=O) groups excluding carboxylic acids is 1. The van der Waals surface area contributed by atoms with Crippen molar-refractivity contribution in [2.75, 3.05) is 0 Å². The number of aromatic nitrogens is 3. The molecule has 6 nitrogen and oxygen atoms in total. The smallest absolute Gasteiger partial charge is 0.251 e. The maximum absolute atomic E-state index is 12.0. The Morgan fingerprint density at radius 2 is 2.19 bits per heavy atom. The molecule has 0 aliphatic rings. The first-order valence-electron chi connectivity index (χ1n) is 6.12. The summed E-state index contributed by atoms with van der Waals surface area (Å²) in [5.41, 5.74) is 6.78. The van der Waals surface area contributed by atoms with Gasteiger partial charge in [-0.25, -0.2) is 0 Å². The van der Waals surface area contributed by atoms with Gasteiger partial charge in [0, 0.05) is 36.7 Å². The van der Waals surface area contributed by atoms with E-state index in [-0.39, 0.29) is 36.8 Å². The molecule has 0 aliphatic carbocycles. The standard InChI is InChI=1S/C13H17N5O.2ClH/c1-10(9-18-6-2-4-16-18)17-13(19)11-3-5-15-12(7-11)8-14;;/h2-7,10H,8-9,14H2,1H3,(H,17,19);2*1H. The number of nitrogens with zero attached hydrogens (tertiary/aromatic N) is 3. The fourth-order valence-electron chi connectivity index (χ4n) is 1.77. The van der Waals surface area contributed by atoms with E-state index in [9.17, 15) is 4.79 Å². The molecule has 2 heterocycles. The molecule has 0 saturated heterocycles. The summed E-state index contributed by atoms with van der Waals surface area (Å²) < 4.78 is 1.78. The zero-order valence-electron chi connectivity index (χ0n) is 11.6. The van der Waals surface area contributed by atoms with Crippen molar-refractivity contribution in [2.24, 2.45) is 5.73 Å². The highest BCUT2D eigenvalue weighted by molar-refractivity contribution is 5.94. The third-order valence-electron chi connectivity index (χ3n) is 2.69. The number of halogens is 2. The molecule has 21 heavy (non-hydrogen) atoms. The molecule has 2 rings (SSSR count). The molecule has 0 aromatic carbocycles. The van der Waals surface area contributed by atoms with Crippen molar-refractivity contribution < 1.29 is 4.79 Å². The average Bonchev–Trinajstić information content (AvgIpc) is 2.91. The molecule has 0 spiro atoms. The van der Waals surface area contributed by atoms with Gasteiger partial charge in [0.1, 0.15) is 0 Å². The summed E-state index contributed by atoms with van der Waals surface area (Å²) in [5, 5.41) is 7.02. The SMILES string of the molecule is CC(Cn1cccn1)NC(=O)c1ccnc(CN)c1.Cl.Cl. The number of nitrogens with one attached hydrogen (secondary N) is 1. The fraction of sp³-hybridized carbons (Fsp3) is 0.308. The minimum Gasteiger partial charge on any atom is -0.348 e. The second-order valence-corrected chi connectivity index (χ2v) is 4.34. The van der Waals surface area contributed by atoms with Crippen LogP contribution < -0.4 is 11.1 Å². The first kappa shape index (κ1) is 19.4. The lowest BCUT2D eigenvalue weighted by Gasteiger charge is -2.14. The van der Waals surface area contributed by atoms with Crippen molar-refractivity contribution in [3.05, 3.63) is 48.0 Å². The topological polar surface area (TPSA) is 85.8 Å². The summed E-state index contributed by atoms with van der Waals surface area (Å²) in [6.45, 7) is 2.89. The minimum atomic E-state index is -0.128. The van der Waals surface area contributed by atoms with Crippen molar-refractivity contribution in [1.82, 2.24) is 20.1 Å². The highest BCUT2D eigenvalue weighted by Gasteiger charge is 2.10. The molecule has 116 valence electrons. The van der Waals surface area contributed by atoms with Crippen molar-refractivity contribution in [3.63, 3.8) is 0 Å². The molecule has 0 aliphatic heterocycles. The van der Waals surface area contributed by atoms with Crippen LogP contribution in [-0.4, -0.2) is 26.7 Å². The van der Waals surface area contributed by atoms with Crippen LogP contribution >= 0.6 is 24.8 Å². The van der Waals surface area contributed by atoms with Gasteiger partial charge in [0.05, 0.1) is 12.2 Å². The largest absolute Gasteiger partial charge is 0.348 e. The number of carbonyl (C=O) groups is 1. The number of hydrogen-bond donors (Lipinski definition) is 2. The molecular weight excluding hydrogens is 313 g/mol. The van der Waals surface area contributed by atoms with Crippen molar-refractivity contribution >= 4 is 30.7 Å². The van der Waals surface area contributed by atoms with E-state index in [0.717, 1.165) is 0 Å². The molecular formula is C13H19Cl2N5O. The minimum absolute atomic E-state index is 0. The summed E-state index contributed by atoms with van der Waals surface area (Å²) in [5.74, 6) is -0.128. The molecule has 0 radical (unpaired) electrons. The second kappa shape index (κ2) is 9.33. The summed E-state index contributed by atoms with van der Waals surface area (Å²) in [4.78, 5) is 16.1. The van der Waals surface area contributed by atoms with E-state index in [1.807, 2.05) is 19.2 Å². The molecule has 8 heteroatoms. The normalized spacial score (nSPS) is 11.0. The monoisotopic (exact) mass is 331 g/mol. The van der Waals surface area contributed by atoms with Gasteiger partial charge in [-0.15, -0.1) is 24.8 Å². The first-order valence-corrected chi connectivity index (χ1v) is 6.12. The molecule has 0 fully saturated rings. The Balaban J connectivity index is 0.00000200. The molecule has 3 N–H and O–H groups in total. The summed E-state index contributed by atoms with van der Waals surface area (Å²) in [6.07, 6.45) is 5.17. The average molecular weight is 332 g/mol. The predicted molar refractivity (Wildman–Crippen MR) is 85.8 cm³/mol. The molecule has 1 unspecified atom stereocenters. The van der Waals surface area contributed by atoms with Crippen LogP contribution in [0.25, 0.3) is 0 Å². The Kier molecular flexibility index (Phi) is 8.61. The number of rotatable bonds is 5. The third kappa shape index (κ3) is 5.71. The van der Waals surface area contributed by atoms with Crippen molar-refractivity contribution in [1.29, 1.82) is 0 Å². The molecule has 0 saturated carbocycles. The Labute approximate surface area is 135 Å². The fourth-order valence-corrected chi connectivity index (χ4v) is 1.77. The van der Waals surface area contributed by atoms with Gasteiger partial charge in [0.25, 0.3) is 5.91 Å². The number of hydrogen-bond acceptors (Lipinski definition) is 4. The Morgan fingerprint density at radius 3 is 2.81 bits per heavy atom. The second-order valence-electron chi connectivity index (χ2n) is 4.34. The summed E-state index contributed by atoms with van der Waals surface area (Å²) >= 11 is 0. The maximum Gasteiger partial charge on any atom is 0.251 e. The zero-order chi connectivity index (χ0) is 13.7. The van der Waals surface area contributed by atoms with E-state index in [4.69, 9.17) is 5.73 Å². The van der Waals surface area contributed by atoms with Crippen LogP contribution in [0.4, 0.5) is 0 Å². The van der Waals surface area contributed by atoms with Gasteiger partial charge >= 0.3 is 0 Å². The van der Waals surface area contributed by atoms with Gasteiger partial charge in [0.2, 0.25) is 0 Å². The third-order valence-corrected chi connectivity index (χ3v) is 2.69. The van der Waals surface area contributed by atoms with Crippen LogP contribution in [0.2, 0.25) is 0 Å².